The van der Waals surface area contributed by atoms with Gasteiger partial charge < -0.3 is 9.64 Å². The predicted molar refractivity (Wildman–Crippen MR) is 103 cm³/mol. The van der Waals surface area contributed by atoms with Gasteiger partial charge in [0.1, 0.15) is 0 Å². The quantitative estimate of drug-likeness (QED) is 0.562. The zero-order chi connectivity index (χ0) is 19.3. The van der Waals surface area contributed by atoms with Gasteiger partial charge in [-0.05, 0) is 38.8 Å². The van der Waals surface area contributed by atoms with Gasteiger partial charge in [-0.1, -0.05) is 37.3 Å². The van der Waals surface area contributed by atoms with E-state index in [1.54, 1.807) is 4.90 Å². The summed E-state index contributed by atoms with van der Waals surface area (Å²) in [5.74, 6) is -0.717. The Labute approximate surface area is 154 Å². The van der Waals surface area contributed by atoms with Crippen LogP contribution < -0.4 is 0 Å². The van der Waals surface area contributed by atoms with Gasteiger partial charge in [0, 0.05) is 24.2 Å². The van der Waals surface area contributed by atoms with Crippen LogP contribution in [0.5, 0.6) is 0 Å². The van der Waals surface area contributed by atoms with E-state index in [1.807, 2.05) is 52.0 Å². The fraction of sp³-hybridized carbons (Fsp3) is 0.381. The molecule has 0 aliphatic carbocycles. The van der Waals surface area contributed by atoms with Crippen molar-refractivity contribution in [2.24, 2.45) is 0 Å². The maximum atomic E-state index is 12.7. The SMILES string of the molecule is C=C(C)CN(CC)C(=O)COC(=O)c1c(C)c(CC)nc2ccccc12. The second kappa shape index (κ2) is 8.61. The molecule has 0 bridgehead atoms. The molecule has 0 saturated carbocycles. The Morgan fingerprint density at radius 2 is 1.92 bits per heavy atom. The molecule has 0 N–H and O–H groups in total. The Balaban J connectivity index is 2.26. The Kier molecular flexibility index (Phi) is 6.50. The molecule has 2 rings (SSSR count). The average molecular weight is 354 g/mol. The summed E-state index contributed by atoms with van der Waals surface area (Å²) in [7, 11) is 0. The lowest BCUT2D eigenvalue weighted by Crippen LogP contribution is -2.35. The molecule has 0 fully saturated rings. The number of benzene rings is 1. The Bertz CT molecular complexity index is 843. The van der Waals surface area contributed by atoms with Crippen molar-refractivity contribution in [3.8, 4) is 0 Å². The molecule has 0 radical (unpaired) electrons. The molecule has 1 aromatic heterocycles. The monoisotopic (exact) mass is 354 g/mol. The van der Waals surface area contributed by atoms with Gasteiger partial charge in [0.2, 0.25) is 0 Å². The highest BCUT2D eigenvalue weighted by molar-refractivity contribution is 6.05. The second-order valence-electron chi connectivity index (χ2n) is 6.37. The highest BCUT2D eigenvalue weighted by Gasteiger charge is 2.20. The summed E-state index contributed by atoms with van der Waals surface area (Å²) in [6, 6.07) is 7.48. The maximum Gasteiger partial charge on any atom is 0.339 e. The molecule has 1 heterocycles. The molecule has 5 heteroatoms. The lowest BCUT2D eigenvalue weighted by Gasteiger charge is -2.21. The number of fused-ring (bicyclic) bond motifs is 1. The largest absolute Gasteiger partial charge is 0.452 e. The zero-order valence-electron chi connectivity index (χ0n) is 16.0. The smallest absolute Gasteiger partial charge is 0.339 e. The fourth-order valence-corrected chi connectivity index (χ4v) is 2.96. The standard InChI is InChI=1S/C21H26N2O3/c1-6-17-15(5)20(16-10-8-9-11-18(16)22-17)21(25)26-13-19(24)23(7-2)12-14(3)4/h8-11H,3,6-7,12-13H2,1-2,4-5H3. The Morgan fingerprint density at radius 3 is 2.54 bits per heavy atom. The van der Waals surface area contributed by atoms with E-state index < -0.39 is 5.97 Å². The van der Waals surface area contributed by atoms with Gasteiger partial charge in [0.05, 0.1) is 11.1 Å². The summed E-state index contributed by atoms with van der Waals surface area (Å²) < 4.78 is 5.36. The van der Waals surface area contributed by atoms with Crippen LogP contribution in [0.4, 0.5) is 0 Å². The summed E-state index contributed by atoms with van der Waals surface area (Å²) in [5.41, 5.74) is 3.79. The van der Waals surface area contributed by atoms with Crippen molar-refractivity contribution >= 4 is 22.8 Å². The first-order chi connectivity index (χ1) is 12.4. The minimum atomic E-state index is -0.490. The van der Waals surface area contributed by atoms with Crippen molar-refractivity contribution in [1.82, 2.24) is 9.88 Å². The first-order valence-electron chi connectivity index (χ1n) is 8.86. The summed E-state index contributed by atoms with van der Waals surface area (Å²) in [6.07, 6.45) is 0.720. The van der Waals surface area contributed by atoms with Gasteiger partial charge >= 0.3 is 5.97 Å². The molecule has 1 amide bonds. The highest BCUT2D eigenvalue weighted by atomic mass is 16.5. The number of aromatic nitrogens is 1. The van der Waals surface area contributed by atoms with Crippen LogP contribution in [0.3, 0.4) is 0 Å². The molecule has 0 spiro atoms. The summed E-state index contributed by atoms with van der Waals surface area (Å²) in [5, 5.41) is 0.744. The zero-order valence-corrected chi connectivity index (χ0v) is 16.0. The maximum absolute atomic E-state index is 12.7. The molecule has 0 saturated heterocycles. The van der Waals surface area contributed by atoms with Crippen LogP contribution in [0.1, 0.15) is 42.4 Å². The number of hydrogen-bond acceptors (Lipinski definition) is 4. The number of hydrogen-bond donors (Lipinski definition) is 0. The number of nitrogens with zero attached hydrogens (tertiary/aromatic N) is 2. The van der Waals surface area contributed by atoms with E-state index in [2.05, 4.69) is 11.6 Å². The van der Waals surface area contributed by atoms with E-state index in [0.717, 1.165) is 34.2 Å². The molecular formula is C21H26N2O3. The van der Waals surface area contributed by atoms with Crippen molar-refractivity contribution < 1.29 is 14.3 Å². The van der Waals surface area contributed by atoms with E-state index in [0.29, 0.717) is 18.7 Å². The van der Waals surface area contributed by atoms with Crippen LogP contribution >= 0.6 is 0 Å². The third kappa shape index (κ3) is 4.28. The van der Waals surface area contributed by atoms with Crippen LogP contribution in [0.2, 0.25) is 0 Å². The van der Waals surface area contributed by atoms with Crippen LogP contribution in [0, 0.1) is 6.92 Å². The van der Waals surface area contributed by atoms with E-state index in [-0.39, 0.29) is 12.5 Å². The molecular weight excluding hydrogens is 328 g/mol. The summed E-state index contributed by atoms with van der Waals surface area (Å²) >= 11 is 0. The van der Waals surface area contributed by atoms with Gasteiger partial charge in [0.15, 0.2) is 6.61 Å². The number of carbonyl (C=O) groups excluding carboxylic acids is 2. The van der Waals surface area contributed by atoms with Crippen LogP contribution in [-0.4, -0.2) is 41.5 Å². The first-order valence-corrected chi connectivity index (χ1v) is 8.86. The van der Waals surface area contributed by atoms with Gasteiger partial charge in [-0.15, -0.1) is 0 Å². The molecule has 26 heavy (non-hydrogen) atoms. The molecule has 0 aliphatic heterocycles. The molecule has 0 atom stereocenters. The number of aryl methyl sites for hydroxylation is 1. The highest BCUT2D eigenvalue weighted by Crippen LogP contribution is 2.24. The molecule has 0 unspecified atom stereocenters. The van der Waals surface area contributed by atoms with Gasteiger partial charge in [-0.2, -0.15) is 0 Å². The van der Waals surface area contributed by atoms with Crippen molar-refractivity contribution in [3.63, 3.8) is 0 Å². The number of pyridine rings is 1. The van der Waals surface area contributed by atoms with Crippen LogP contribution in [0.25, 0.3) is 10.9 Å². The number of ether oxygens (including phenoxy) is 1. The first kappa shape index (κ1) is 19.6. The Morgan fingerprint density at radius 1 is 1.23 bits per heavy atom. The fourth-order valence-electron chi connectivity index (χ4n) is 2.96. The normalized spacial score (nSPS) is 10.6. The van der Waals surface area contributed by atoms with Crippen LogP contribution in [0.15, 0.2) is 36.4 Å². The lowest BCUT2D eigenvalue weighted by molar-refractivity contribution is -0.133. The minimum Gasteiger partial charge on any atom is -0.452 e. The van der Waals surface area contributed by atoms with Gasteiger partial charge in [-0.25, -0.2) is 4.79 Å². The van der Waals surface area contributed by atoms with Gasteiger partial charge in [0.25, 0.3) is 5.91 Å². The van der Waals surface area contributed by atoms with E-state index in [4.69, 9.17) is 4.74 Å². The number of likely N-dealkylation sites (N-methyl/N-ethyl adjacent to an activating group) is 1. The number of para-hydroxylation sites is 1. The molecule has 138 valence electrons. The third-order valence-electron chi connectivity index (χ3n) is 4.30. The minimum absolute atomic E-state index is 0.226. The van der Waals surface area contributed by atoms with E-state index >= 15 is 0 Å². The number of carbonyl (C=O) groups is 2. The van der Waals surface area contributed by atoms with Crippen LogP contribution in [-0.2, 0) is 16.0 Å². The summed E-state index contributed by atoms with van der Waals surface area (Å²) in [4.78, 5) is 31.3. The van der Waals surface area contributed by atoms with Crippen molar-refractivity contribution in [3.05, 3.63) is 53.2 Å². The van der Waals surface area contributed by atoms with Crippen molar-refractivity contribution in [2.45, 2.75) is 34.1 Å². The molecule has 2 aromatic rings. The lowest BCUT2D eigenvalue weighted by atomic mass is 10.0. The third-order valence-corrected chi connectivity index (χ3v) is 4.30. The molecule has 1 aromatic carbocycles. The predicted octanol–water partition coefficient (Wildman–Crippen LogP) is 3.69. The number of amides is 1. The average Bonchev–Trinajstić information content (AvgIpc) is 2.63. The number of esters is 1. The van der Waals surface area contributed by atoms with E-state index in [9.17, 15) is 9.59 Å². The molecule has 0 aliphatic rings. The topological polar surface area (TPSA) is 59.5 Å². The second-order valence-corrected chi connectivity index (χ2v) is 6.37. The summed E-state index contributed by atoms with van der Waals surface area (Å²) in [6.45, 7) is 12.2. The Hall–Kier alpha value is -2.69. The number of rotatable bonds is 7. The van der Waals surface area contributed by atoms with Crippen molar-refractivity contribution in [1.29, 1.82) is 0 Å². The van der Waals surface area contributed by atoms with Crippen molar-refractivity contribution in [2.75, 3.05) is 19.7 Å². The van der Waals surface area contributed by atoms with Gasteiger partial charge in [-0.3, -0.25) is 9.78 Å². The van der Waals surface area contributed by atoms with E-state index in [1.165, 1.54) is 0 Å². The molecule has 5 nitrogen and oxygen atoms in total.